The molecular weight excluding hydrogens is 241 g/mol. The van der Waals surface area contributed by atoms with E-state index in [4.69, 9.17) is 14.3 Å². The summed E-state index contributed by atoms with van der Waals surface area (Å²) in [6.07, 6.45) is -4.45. The van der Waals surface area contributed by atoms with Crippen molar-refractivity contribution in [2.75, 3.05) is 6.61 Å². The van der Waals surface area contributed by atoms with Crippen LogP contribution in [0.25, 0.3) is 0 Å². The maximum absolute atomic E-state index is 11.8. The van der Waals surface area contributed by atoms with Gasteiger partial charge in [0.2, 0.25) is 11.2 Å². The lowest BCUT2D eigenvalue weighted by Gasteiger charge is -2.07. The Hall–Kier alpha value is -1.50. The van der Waals surface area contributed by atoms with E-state index >= 15 is 0 Å². The average Bonchev–Trinajstić information content (AvgIpc) is 2.24. The van der Waals surface area contributed by atoms with Crippen LogP contribution < -0.4 is 10.2 Å². The van der Waals surface area contributed by atoms with Crippen LogP contribution in [0.15, 0.2) is 21.5 Å². The molecule has 0 unspecified atom stereocenters. The summed E-state index contributed by atoms with van der Waals surface area (Å²) >= 11 is 0. The summed E-state index contributed by atoms with van der Waals surface area (Å²) in [4.78, 5) is 11.3. The number of ether oxygens (including phenoxy) is 1. The van der Waals surface area contributed by atoms with E-state index in [-0.39, 0.29) is 24.5 Å². The molecule has 17 heavy (non-hydrogen) atoms. The molecule has 1 heterocycles. The van der Waals surface area contributed by atoms with Gasteiger partial charge in [-0.2, -0.15) is 13.2 Å². The Labute approximate surface area is 94.6 Å². The van der Waals surface area contributed by atoms with E-state index in [0.717, 1.165) is 12.3 Å². The molecule has 96 valence electrons. The van der Waals surface area contributed by atoms with Crippen LogP contribution in [0.5, 0.6) is 5.75 Å². The summed E-state index contributed by atoms with van der Waals surface area (Å²) in [5, 5.41) is 8.66. The first-order valence-corrected chi connectivity index (χ1v) is 4.84. The molecule has 0 amide bonds. The van der Waals surface area contributed by atoms with Gasteiger partial charge in [0.1, 0.15) is 18.6 Å². The first kappa shape index (κ1) is 13.6. The third-order valence-corrected chi connectivity index (χ3v) is 1.87. The van der Waals surface area contributed by atoms with Crippen molar-refractivity contribution in [3.63, 3.8) is 0 Å². The predicted molar refractivity (Wildman–Crippen MR) is 51.7 cm³/mol. The molecule has 0 aliphatic rings. The Kier molecular flexibility index (Phi) is 4.56. The molecule has 0 aliphatic heterocycles. The number of rotatable bonds is 5. The third-order valence-electron chi connectivity index (χ3n) is 1.87. The van der Waals surface area contributed by atoms with E-state index < -0.39 is 24.6 Å². The van der Waals surface area contributed by atoms with Crippen molar-refractivity contribution in [2.45, 2.75) is 25.6 Å². The minimum atomic E-state index is -4.23. The molecule has 4 nitrogen and oxygen atoms in total. The second-order valence-electron chi connectivity index (χ2n) is 3.30. The Balaban J connectivity index is 2.45. The van der Waals surface area contributed by atoms with Gasteiger partial charge in [0.25, 0.3) is 0 Å². The van der Waals surface area contributed by atoms with Gasteiger partial charge in [-0.25, -0.2) is 0 Å². The Morgan fingerprint density at radius 3 is 2.65 bits per heavy atom. The molecule has 0 aromatic carbocycles. The molecule has 0 fully saturated rings. The van der Waals surface area contributed by atoms with Crippen molar-refractivity contribution in [3.8, 4) is 5.75 Å². The largest absolute Gasteiger partial charge is 0.487 e. The van der Waals surface area contributed by atoms with Gasteiger partial charge in [0.05, 0.1) is 6.61 Å². The maximum atomic E-state index is 11.8. The molecule has 1 N–H and O–H groups in total. The molecule has 0 atom stereocenters. The van der Waals surface area contributed by atoms with Crippen molar-refractivity contribution in [1.82, 2.24) is 0 Å². The molecule has 1 rings (SSSR count). The number of hydrogen-bond acceptors (Lipinski definition) is 4. The number of hydrogen-bond donors (Lipinski definition) is 1. The van der Waals surface area contributed by atoms with E-state index in [1.807, 2.05) is 0 Å². The standard InChI is InChI=1S/C10H11F3O4/c11-10(12,13)2-1-3-16-9-6-17-7(5-14)4-8(9)15/h4,6,14H,1-3,5H2. The van der Waals surface area contributed by atoms with E-state index in [2.05, 4.69) is 0 Å². The van der Waals surface area contributed by atoms with Gasteiger partial charge < -0.3 is 14.3 Å². The van der Waals surface area contributed by atoms with Gasteiger partial charge in [-0.15, -0.1) is 0 Å². The summed E-state index contributed by atoms with van der Waals surface area (Å²) in [5.41, 5.74) is -0.535. The van der Waals surface area contributed by atoms with Crippen molar-refractivity contribution in [1.29, 1.82) is 0 Å². The zero-order chi connectivity index (χ0) is 12.9. The Morgan fingerprint density at radius 1 is 1.41 bits per heavy atom. The highest BCUT2D eigenvalue weighted by molar-refractivity contribution is 5.17. The van der Waals surface area contributed by atoms with E-state index in [0.29, 0.717) is 0 Å². The van der Waals surface area contributed by atoms with Gasteiger partial charge in [0, 0.05) is 12.5 Å². The summed E-state index contributed by atoms with van der Waals surface area (Å²) in [5.74, 6) is -0.0954. The van der Waals surface area contributed by atoms with E-state index in [9.17, 15) is 18.0 Å². The van der Waals surface area contributed by atoms with Crippen LogP contribution in [-0.4, -0.2) is 17.9 Å². The topological polar surface area (TPSA) is 59.7 Å². The van der Waals surface area contributed by atoms with Crippen LogP contribution in [0.4, 0.5) is 13.2 Å². The normalized spacial score (nSPS) is 11.5. The van der Waals surface area contributed by atoms with Crippen LogP contribution in [0.3, 0.4) is 0 Å². The van der Waals surface area contributed by atoms with Crippen LogP contribution in [0, 0.1) is 0 Å². The van der Waals surface area contributed by atoms with Crippen molar-refractivity contribution in [2.24, 2.45) is 0 Å². The monoisotopic (exact) mass is 252 g/mol. The molecule has 7 heteroatoms. The Bertz CT molecular complexity index is 411. The van der Waals surface area contributed by atoms with Crippen LogP contribution in [0.1, 0.15) is 18.6 Å². The molecule has 0 bridgehead atoms. The number of aliphatic hydroxyl groups is 1. The molecule has 0 spiro atoms. The fourth-order valence-corrected chi connectivity index (χ4v) is 1.08. The Morgan fingerprint density at radius 2 is 2.12 bits per heavy atom. The van der Waals surface area contributed by atoms with E-state index in [1.165, 1.54) is 0 Å². The fourth-order valence-electron chi connectivity index (χ4n) is 1.08. The lowest BCUT2D eigenvalue weighted by atomic mass is 10.3. The zero-order valence-electron chi connectivity index (χ0n) is 8.79. The van der Waals surface area contributed by atoms with E-state index in [1.54, 1.807) is 0 Å². The third kappa shape index (κ3) is 4.90. The smallest absolute Gasteiger partial charge is 0.389 e. The highest BCUT2D eigenvalue weighted by atomic mass is 19.4. The second-order valence-corrected chi connectivity index (χ2v) is 3.30. The average molecular weight is 252 g/mol. The summed E-state index contributed by atoms with van der Waals surface area (Å²) in [6, 6.07) is 1.03. The van der Waals surface area contributed by atoms with Crippen LogP contribution in [-0.2, 0) is 6.61 Å². The van der Waals surface area contributed by atoms with Crippen molar-refractivity contribution < 1.29 is 27.4 Å². The summed E-state index contributed by atoms with van der Waals surface area (Å²) < 4.78 is 45.0. The minimum Gasteiger partial charge on any atom is -0.487 e. The number of aliphatic hydroxyl groups excluding tert-OH is 1. The highest BCUT2D eigenvalue weighted by Gasteiger charge is 2.26. The molecule has 0 radical (unpaired) electrons. The first-order chi connectivity index (χ1) is 7.92. The van der Waals surface area contributed by atoms with Gasteiger partial charge in [-0.05, 0) is 6.42 Å². The van der Waals surface area contributed by atoms with Crippen molar-refractivity contribution >= 4 is 0 Å². The quantitative estimate of drug-likeness (QED) is 0.812. The van der Waals surface area contributed by atoms with Gasteiger partial charge >= 0.3 is 6.18 Å². The van der Waals surface area contributed by atoms with Crippen LogP contribution in [0.2, 0.25) is 0 Å². The summed E-state index contributed by atoms with van der Waals surface area (Å²) in [7, 11) is 0. The van der Waals surface area contributed by atoms with Gasteiger partial charge in [0.15, 0.2) is 0 Å². The molecule has 1 aromatic rings. The first-order valence-electron chi connectivity index (χ1n) is 4.84. The SMILES string of the molecule is O=c1cc(CO)occ1OCCCC(F)(F)F. The van der Waals surface area contributed by atoms with Gasteiger partial charge in [-0.1, -0.05) is 0 Å². The van der Waals surface area contributed by atoms with Crippen LogP contribution >= 0.6 is 0 Å². The zero-order valence-corrected chi connectivity index (χ0v) is 8.79. The van der Waals surface area contributed by atoms with Crippen molar-refractivity contribution in [3.05, 3.63) is 28.3 Å². The summed E-state index contributed by atoms with van der Waals surface area (Å²) in [6.45, 7) is -0.646. The lowest BCUT2D eigenvalue weighted by molar-refractivity contribution is -0.136. The molecule has 1 aromatic heterocycles. The molecular formula is C10H11F3O4. The lowest BCUT2D eigenvalue weighted by Crippen LogP contribution is -2.12. The fraction of sp³-hybridized carbons (Fsp3) is 0.500. The second kappa shape index (κ2) is 5.72. The maximum Gasteiger partial charge on any atom is 0.389 e. The molecule has 0 saturated heterocycles. The number of halogens is 3. The molecule has 0 saturated carbocycles. The predicted octanol–water partition coefficient (Wildman–Crippen LogP) is 1.85. The molecule has 0 aliphatic carbocycles. The highest BCUT2D eigenvalue weighted by Crippen LogP contribution is 2.21. The number of alkyl halides is 3. The minimum absolute atomic E-state index is 0.0673. The van der Waals surface area contributed by atoms with Gasteiger partial charge in [-0.3, -0.25) is 4.79 Å².